The number of nitrogens with one attached hydrogen (secondary N) is 1. The van der Waals surface area contributed by atoms with Crippen LogP contribution in [0.2, 0.25) is 0 Å². The third-order valence-electron chi connectivity index (χ3n) is 6.71. The molecule has 2 aliphatic heterocycles. The number of hydrogen-bond acceptors (Lipinski definition) is 4. The molecule has 8 nitrogen and oxygen atoms in total. The van der Waals surface area contributed by atoms with E-state index in [0.717, 1.165) is 83.8 Å². The quantitative estimate of drug-likeness (QED) is 0.325. The molecule has 2 saturated heterocycles. The Labute approximate surface area is 198 Å². The number of amides is 2. The molecule has 172 valence electrons. The van der Waals surface area contributed by atoms with Crippen molar-refractivity contribution in [2.24, 2.45) is 10.4 Å². The maximum absolute atomic E-state index is 12.8. The first-order chi connectivity index (χ1) is 13.9. The number of piperazine rings is 1. The highest BCUT2D eigenvalue weighted by molar-refractivity contribution is 14.0. The molecule has 0 radical (unpaired) electrons. The van der Waals surface area contributed by atoms with E-state index in [-0.39, 0.29) is 41.2 Å². The Hall–Kier alpha value is -1.10. The predicted molar refractivity (Wildman–Crippen MR) is 130 cm³/mol. The molecule has 0 aromatic heterocycles. The van der Waals surface area contributed by atoms with Gasteiger partial charge in [0.1, 0.15) is 0 Å². The van der Waals surface area contributed by atoms with Crippen LogP contribution < -0.4 is 5.32 Å². The molecule has 9 heteroatoms. The van der Waals surface area contributed by atoms with Gasteiger partial charge in [-0.1, -0.05) is 12.8 Å². The van der Waals surface area contributed by atoms with Crippen molar-refractivity contribution in [3.05, 3.63) is 0 Å². The van der Waals surface area contributed by atoms with E-state index >= 15 is 0 Å². The van der Waals surface area contributed by atoms with Crippen molar-refractivity contribution in [3.63, 3.8) is 0 Å². The van der Waals surface area contributed by atoms with Crippen LogP contribution in [0.5, 0.6) is 0 Å². The zero-order valence-electron chi connectivity index (χ0n) is 18.9. The summed E-state index contributed by atoms with van der Waals surface area (Å²) in [4.78, 5) is 37.9. The lowest BCUT2D eigenvalue weighted by molar-refractivity contribution is -0.138. The van der Waals surface area contributed by atoms with Crippen LogP contribution in [0.3, 0.4) is 0 Å². The zero-order chi connectivity index (χ0) is 20.9. The summed E-state index contributed by atoms with van der Waals surface area (Å²) in [6, 6.07) is 0. The molecular weight excluding hydrogens is 495 g/mol. The number of likely N-dealkylation sites (tertiary alicyclic amines) is 1. The second-order valence-electron chi connectivity index (χ2n) is 8.94. The molecule has 1 saturated carbocycles. The Kier molecular flexibility index (Phi) is 9.65. The average Bonchev–Trinajstić information content (AvgIpc) is 3.42. The Morgan fingerprint density at radius 1 is 0.933 bits per heavy atom. The lowest BCUT2D eigenvalue weighted by Gasteiger charge is -2.38. The molecule has 0 bridgehead atoms. The van der Waals surface area contributed by atoms with Crippen LogP contribution >= 0.6 is 24.0 Å². The van der Waals surface area contributed by atoms with Gasteiger partial charge in [-0.2, -0.15) is 0 Å². The van der Waals surface area contributed by atoms with Gasteiger partial charge in [-0.3, -0.25) is 19.5 Å². The first kappa shape index (κ1) is 25.2. The molecule has 1 aliphatic carbocycles. The summed E-state index contributed by atoms with van der Waals surface area (Å²) >= 11 is 0. The van der Waals surface area contributed by atoms with E-state index in [0.29, 0.717) is 13.1 Å². The second kappa shape index (κ2) is 11.5. The van der Waals surface area contributed by atoms with Crippen molar-refractivity contribution in [1.82, 2.24) is 24.9 Å². The molecule has 0 spiro atoms. The van der Waals surface area contributed by atoms with Gasteiger partial charge in [-0.25, -0.2) is 0 Å². The number of guanidine groups is 1. The zero-order valence-corrected chi connectivity index (χ0v) is 21.2. The minimum Gasteiger partial charge on any atom is -0.355 e. The van der Waals surface area contributed by atoms with Crippen LogP contribution in [0.4, 0.5) is 0 Å². The number of aliphatic imine (C=N–C) groups is 1. The number of rotatable bonds is 5. The summed E-state index contributed by atoms with van der Waals surface area (Å²) < 4.78 is 0. The largest absolute Gasteiger partial charge is 0.355 e. The van der Waals surface area contributed by atoms with Gasteiger partial charge in [0, 0.05) is 67.0 Å². The topological polar surface area (TPSA) is 71.5 Å². The molecule has 3 aliphatic rings. The minimum absolute atomic E-state index is 0. The highest BCUT2D eigenvalue weighted by atomic mass is 127. The smallest absolute Gasteiger partial charge is 0.236 e. The number of carbonyl (C=O) groups is 2. The van der Waals surface area contributed by atoms with Crippen LogP contribution in [-0.4, -0.2) is 111 Å². The van der Waals surface area contributed by atoms with Crippen LogP contribution in [0.15, 0.2) is 4.99 Å². The Bertz CT molecular complexity index is 607. The van der Waals surface area contributed by atoms with Gasteiger partial charge in [0.15, 0.2) is 5.96 Å². The number of hydrogen-bond donors (Lipinski definition) is 1. The van der Waals surface area contributed by atoms with E-state index in [4.69, 9.17) is 0 Å². The van der Waals surface area contributed by atoms with Crippen molar-refractivity contribution in [1.29, 1.82) is 0 Å². The molecule has 0 aromatic rings. The standard InChI is InChI=1S/C21H38N6O2.HI/c1-22-20(23-17-21(8-4-5-9-21)19(29)24(2)3)27-14-12-25(13-15-27)16-18(28)26-10-6-7-11-26;/h4-17H2,1-3H3,(H,22,23);1H. The first-order valence-corrected chi connectivity index (χ1v) is 11.1. The van der Waals surface area contributed by atoms with Gasteiger partial charge >= 0.3 is 0 Å². The van der Waals surface area contributed by atoms with Crippen LogP contribution in [-0.2, 0) is 9.59 Å². The molecule has 0 aromatic carbocycles. The number of halogens is 1. The van der Waals surface area contributed by atoms with E-state index in [1.165, 1.54) is 0 Å². The van der Waals surface area contributed by atoms with Gasteiger partial charge in [-0.05, 0) is 25.7 Å². The third kappa shape index (κ3) is 5.99. The first-order valence-electron chi connectivity index (χ1n) is 11.1. The molecule has 2 amide bonds. The van der Waals surface area contributed by atoms with Gasteiger partial charge in [0.25, 0.3) is 0 Å². The monoisotopic (exact) mass is 534 g/mol. The summed E-state index contributed by atoms with van der Waals surface area (Å²) in [7, 11) is 5.50. The van der Waals surface area contributed by atoms with Gasteiger partial charge in [-0.15, -0.1) is 24.0 Å². The summed E-state index contributed by atoms with van der Waals surface area (Å²) in [5.41, 5.74) is -0.302. The third-order valence-corrected chi connectivity index (χ3v) is 6.71. The maximum atomic E-state index is 12.8. The van der Waals surface area contributed by atoms with Crippen LogP contribution in [0.25, 0.3) is 0 Å². The minimum atomic E-state index is -0.302. The molecule has 3 rings (SSSR count). The molecule has 3 fully saturated rings. The lowest BCUT2D eigenvalue weighted by Crippen LogP contribution is -2.56. The van der Waals surface area contributed by atoms with Crippen molar-refractivity contribution >= 4 is 41.8 Å². The van der Waals surface area contributed by atoms with Gasteiger partial charge < -0.3 is 20.0 Å². The fourth-order valence-corrected chi connectivity index (χ4v) is 4.95. The Morgan fingerprint density at radius 2 is 1.53 bits per heavy atom. The highest BCUT2D eigenvalue weighted by Crippen LogP contribution is 2.39. The fraction of sp³-hybridized carbons (Fsp3) is 0.857. The average molecular weight is 534 g/mol. The highest BCUT2D eigenvalue weighted by Gasteiger charge is 2.42. The lowest BCUT2D eigenvalue weighted by atomic mass is 9.84. The Morgan fingerprint density at radius 3 is 2.07 bits per heavy atom. The van der Waals surface area contributed by atoms with Crippen LogP contribution in [0, 0.1) is 5.41 Å². The van der Waals surface area contributed by atoms with Crippen LogP contribution in [0.1, 0.15) is 38.5 Å². The summed E-state index contributed by atoms with van der Waals surface area (Å²) in [5.74, 6) is 1.36. The molecule has 1 N–H and O–H groups in total. The predicted octanol–water partition coefficient (Wildman–Crippen LogP) is 1.07. The van der Waals surface area contributed by atoms with E-state index in [1.807, 2.05) is 19.0 Å². The number of nitrogens with zero attached hydrogens (tertiary/aromatic N) is 5. The van der Waals surface area contributed by atoms with Crippen molar-refractivity contribution in [2.75, 3.05) is 73.5 Å². The molecule has 0 unspecified atom stereocenters. The van der Waals surface area contributed by atoms with Crippen molar-refractivity contribution in [2.45, 2.75) is 38.5 Å². The van der Waals surface area contributed by atoms with Gasteiger partial charge in [0.2, 0.25) is 11.8 Å². The summed E-state index contributed by atoms with van der Waals surface area (Å²) in [6.07, 6.45) is 6.40. The van der Waals surface area contributed by atoms with Crippen molar-refractivity contribution < 1.29 is 9.59 Å². The fourth-order valence-electron chi connectivity index (χ4n) is 4.95. The van der Waals surface area contributed by atoms with E-state index in [1.54, 1.807) is 11.9 Å². The molecular formula is C21H39IN6O2. The van der Waals surface area contributed by atoms with E-state index in [2.05, 4.69) is 20.1 Å². The molecule has 2 heterocycles. The van der Waals surface area contributed by atoms with E-state index in [9.17, 15) is 9.59 Å². The summed E-state index contributed by atoms with van der Waals surface area (Å²) in [5, 5.41) is 3.49. The molecule has 0 atom stereocenters. The number of carbonyl (C=O) groups excluding carboxylic acids is 2. The summed E-state index contributed by atoms with van der Waals surface area (Å²) in [6.45, 7) is 6.43. The second-order valence-corrected chi connectivity index (χ2v) is 8.94. The normalized spacial score (nSPS) is 22.0. The SMILES string of the molecule is CN=C(NCC1(C(=O)N(C)C)CCCC1)N1CCN(CC(=O)N2CCCC2)CC1.I. The molecule has 30 heavy (non-hydrogen) atoms. The van der Waals surface area contributed by atoms with E-state index < -0.39 is 0 Å². The van der Waals surface area contributed by atoms with Crippen molar-refractivity contribution in [3.8, 4) is 0 Å². The Balaban J connectivity index is 0.00000320. The maximum Gasteiger partial charge on any atom is 0.236 e. The van der Waals surface area contributed by atoms with Gasteiger partial charge in [0.05, 0.1) is 12.0 Å².